The molecule has 16 heavy (non-hydrogen) atoms. The Balaban J connectivity index is 1.61. The first-order valence-electron chi connectivity index (χ1n) is 5.75. The molecule has 5 heteroatoms. The van der Waals surface area contributed by atoms with Crippen molar-refractivity contribution < 1.29 is 4.52 Å². The maximum absolute atomic E-state index is 5.02. The Hall–Kier alpha value is -0.970. The molecule has 0 radical (unpaired) electrons. The van der Waals surface area contributed by atoms with Crippen LogP contribution in [0, 0.1) is 5.92 Å². The molecule has 0 bridgehead atoms. The molecule has 86 valence electrons. The van der Waals surface area contributed by atoms with Crippen LogP contribution in [0.3, 0.4) is 0 Å². The molecule has 1 saturated carbocycles. The summed E-state index contributed by atoms with van der Waals surface area (Å²) in [5.74, 6) is 2.89. The van der Waals surface area contributed by atoms with E-state index < -0.39 is 0 Å². The lowest BCUT2D eigenvalue weighted by Gasteiger charge is -2.27. The summed E-state index contributed by atoms with van der Waals surface area (Å²) < 4.78 is 5.02. The van der Waals surface area contributed by atoms with E-state index in [1.807, 2.05) is 17.8 Å². The SMILES string of the molecule is c1cc(CN=C2NC3CCCC3CS2)on1. The summed E-state index contributed by atoms with van der Waals surface area (Å²) in [7, 11) is 0. The number of nitrogens with one attached hydrogen (secondary N) is 1. The Bertz CT molecular complexity index is 377. The highest BCUT2D eigenvalue weighted by Gasteiger charge is 2.31. The first-order valence-corrected chi connectivity index (χ1v) is 6.74. The molecule has 1 saturated heterocycles. The van der Waals surface area contributed by atoms with Crippen molar-refractivity contribution in [2.75, 3.05) is 5.75 Å². The number of thioether (sulfide) groups is 1. The Morgan fingerprint density at radius 1 is 1.56 bits per heavy atom. The molecule has 3 rings (SSSR count). The Morgan fingerprint density at radius 2 is 2.56 bits per heavy atom. The predicted molar refractivity (Wildman–Crippen MR) is 64.4 cm³/mol. The largest absolute Gasteiger partial charge is 0.362 e. The van der Waals surface area contributed by atoms with Crippen LogP contribution in [0.1, 0.15) is 25.0 Å². The second kappa shape index (κ2) is 4.49. The summed E-state index contributed by atoms with van der Waals surface area (Å²) in [5.41, 5.74) is 0. The molecule has 0 aromatic carbocycles. The van der Waals surface area contributed by atoms with Crippen LogP contribution >= 0.6 is 11.8 Å². The van der Waals surface area contributed by atoms with Crippen LogP contribution < -0.4 is 5.32 Å². The number of nitrogens with zero attached hydrogens (tertiary/aromatic N) is 2. The predicted octanol–water partition coefficient (Wildman–Crippen LogP) is 2.04. The highest BCUT2D eigenvalue weighted by molar-refractivity contribution is 8.13. The van der Waals surface area contributed by atoms with Gasteiger partial charge in [-0.3, -0.25) is 4.99 Å². The quantitative estimate of drug-likeness (QED) is 0.855. The van der Waals surface area contributed by atoms with E-state index >= 15 is 0 Å². The molecule has 1 aromatic heterocycles. The molecule has 1 aliphatic carbocycles. The van der Waals surface area contributed by atoms with Gasteiger partial charge in [-0.05, 0) is 18.8 Å². The Morgan fingerprint density at radius 3 is 3.44 bits per heavy atom. The van der Waals surface area contributed by atoms with Crippen molar-refractivity contribution in [3.63, 3.8) is 0 Å². The van der Waals surface area contributed by atoms with Gasteiger partial charge >= 0.3 is 0 Å². The summed E-state index contributed by atoms with van der Waals surface area (Å²) in [6.45, 7) is 0.590. The topological polar surface area (TPSA) is 50.4 Å². The summed E-state index contributed by atoms with van der Waals surface area (Å²) in [6.07, 6.45) is 5.69. The maximum atomic E-state index is 5.02. The van der Waals surface area contributed by atoms with Gasteiger partial charge in [0.1, 0.15) is 6.54 Å². The smallest absolute Gasteiger partial charge is 0.158 e. The van der Waals surface area contributed by atoms with Crippen LogP contribution in [0.25, 0.3) is 0 Å². The van der Waals surface area contributed by atoms with Gasteiger partial charge in [-0.15, -0.1) is 0 Å². The molecular weight excluding hydrogens is 222 g/mol. The minimum Gasteiger partial charge on any atom is -0.362 e. The maximum Gasteiger partial charge on any atom is 0.158 e. The van der Waals surface area contributed by atoms with Crippen LogP contribution in [-0.4, -0.2) is 22.1 Å². The molecule has 1 aliphatic heterocycles. The van der Waals surface area contributed by atoms with E-state index in [1.54, 1.807) is 6.20 Å². The van der Waals surface area contributed by atoms with Gasteiger partial charge in [0.25, 0.3) is 0 Å². The molecule has 4 nitrogen and oxygen atoms in total. The van der Waals surface area contributed by atoms with Crippen LogP contribution in [0.4, 0.5) is 0 Å². The van der Waals surface area contributed by atoms with Crippen LogP contribution in [0.2, 0.25) is 0 Å². The first kappa shape index (κ1) is 10.2. The lowest BCUT2D eigenvalue weighted by atomic mass is 10.1. The summed E-state index contributed by atoms with van der Waals surface area (Å²) in [6, 6.07) is 2.52. The summed E-state index contributed by atoms with van der Waals surface area (Å²) >= 11 is 1.84. The van der Waals surface area contributed by atoms with Gasteiger partial charge in [0, 0.05) is 17.9 Å². The average molecular weight is 237 g/mol. The van der Waals surface area contributed by atoms with Crippen LogP contribution in [0.15, 0.2) is 21.8 Å². The minimum atomic E-state index is 0.590. The number of hydrogen-bond acceptors (Lipinski definition) is 4. The normalized spacial score (nSPS) is 31.4. The monoisotopic (exact) mass is 237 g/mol. The second-order valence-corrected chi connectivity index (χ2v) is 5.36. The van der Waals surface area contributed by atoms with Crippen LogP contribution in [-0.2, 0) is 6.54 Å². The highest BCUT2D eigenvalue weighted by Crippen LogP contribution is 2.32. The van der Waals surface area contributed by atoms with E-state index in [9.17, 15) is 0 Å². The third-order valence-electron chi connectivity index (χ3n) is 3.27. The molecule has 2 fully saturated rings. The summed E-state index contributed by atoms with van der Waals surface area (Å²) in [5, 5.41) is 8.27. The van der Waals surface area contributed by atoms with Gasteiger partial charge in [0.2, 0.25) is 0 Å². The van der Waals surface area contributed by atoms with E-state index in [4.69, 9.17) is 4.52 Å². The minimum absolute atomic E-state index is 0.590. The fourth-order valence-electron chi connectivity index (χ4n) is 2.38. The van der Waals surface area contributed by atoms with Gasteiger partial charge in [0.15, 0.2) is 10.9 Å². The molecule has 1 aromatic rings. The Kier molecular flexibility index (Phi) is 2.86. The van der Waals surface area contributed by atoms with Crippen molar-refractivity contribution in [2.45, 2.75) is 31.8 Å². The highest BCUT2D eigenvalue weighted by atomic mass is 32.2. The molecule has 2 aliphatic rings. The molecule has 2 atom stereocenters. The standard InChI is InChI=1S/C11H15N3OS/c1-2-8-7-16-11(14-10(8)3-1)12-6-9-4-5-13-15-9/h4-5,8,10H,1-3,6-7H2,(H,12,14). The third kappa shape index (κ3) is 2.09. The van der Waals surface area contributed by atoms with Crippen molar-refractivity contribution in [1.82, 2.24) is 10.5 Å². The Labute approximate surface area is 98.9 Å². The molecule has 0 spiro atoms. The summed E-state index contributed by atoms with van der Waals surface area (Å²) in [4.78, 5) is 4.52. The van der Waals surface area contributed by atoms with Crippen molar-refractivity contribution in [3.05, 3.63) is 18.0 Å². The van der Waals surface area contributed by atoms with Gasteiger partial charge in [0.05, 0.1) is 6.20 Å². The lowest BCUT2D eigenvalue weighted by molar-refractivity contribution is 0.385. The van der Waals surface area contributed by atoms with E-state index in [-0.39, 0.29) is 0 Å². The fourth-order valence-corrected chi connectivity index (χ4v) is 3.54. The molecule has 2 unspecified atom stereocenters. The molecule has 0 amide bonds. The second-order valence-electron chi connectivity index (χ2n) is 4.35. The van der Waals surface area contributed by atoms with Crippen molar-refractivity contribution in [2.24, 2.45) is 10.9 Å². The fraction of sp³-hybridized carbons (Fsp3) is 0.636. The number of hydrogen-bond donors (Lipinski definition) is 1. The zero-order valence-corrected chi connectivity index (χ0v) is 9.87. The third-order valence-corrected chi connectivity index (χ3v) is 4.39. The average Bonchev–Trinajstić information content (AvgIpc) is 2.97. The number of aromatic nitrogens is 1. The van der Waals surface area contributed by atoms with E-state index in [0.717, 1.165) is 16.8 Å². The first-order chi connectivity index (χ1) is 7.92. The van der Waals surface area contributed by atoms with E-state index in [0.29, 0.717) is 12.6 Å². The molecule has 1 N–H and O–H groups in total. The molecule has 2 heterocycles. The van der Waals surface area contributed by atoms with Crippen molar-refractivity contribution >= 4 is 16.9 Å². The van der Waals surface area contributed by atoms with Gasteiger partial charge in [-0.1, -0.05) is 23.3 Å². The number of fused-ring (bicyclic) bond motifs is 1. The van der Waals surface area contributed by atoms with Crippen molar-refractivity contribution in [1.29, 1.82) is 0 Å². The van der Waals surface area contributed by atoms with Crippen LogP contribution in [0.5, 0.6) is 0 Å². The van der Waals surface area contributed by atoms with Gasteiger partial charge < -0.3 is 9.84 Å². The lowest BCUT2D eigenvalue weighted by Crippen LogP contribution is -2.41. The van der Waals surface area contributed by atoms with E-state index in [1.165, 1.54) is 25.0 Å². The zero-order chi connectivity index (χ0) is 10.8. The number of amidine groups is 1. The van der Waals surface area contributed by atoms with Gasteiger partial charge in [-0.2, -0.15) is 0 Å². The number of aliphatic imine (C=N–C) groups is 1. The van der Waals surface area contributed by atoms with Crippen molar-refractivity contribution in [3.8, 4) is 0 Å². The zero-order valence-electron chi connectivity index (χ0n) is 9.06. The number of rotatable bonds is 2. The van der Waals surface area contributed by atoms with E-state index in [2.05, 4.69) is 15.5 Å². The molecular formula is C11H15N3OS. The van der Waals surface area contributed by atoms with Gasteiger partial charge in [-0.25, -0.2) is 0 Å².